The first kappa shape index (κ1) is 15.7. The van der Waals surface area contributed by atoms with Crippen LogP contribution in [0.5, 0.6) is 5.88 Å². The van der Waals surface area contributed by atoms with E-state index >= 15 is 0 Å². The maximum atomic E-state index is 11.9. The Morgan fingerprint density at radius 2 is 2.14 bits per heavy atom. The van der Waals surface area contributed by atoms with E-state index in [0.29, 0.717) is 19.0 Å². The minimum atomic E-state index is -3.34. The zero-order chi connectivity index (χ0) is 15.6. The molecule has 2 heterocycles. The maximum Gasteiger partial charge on any atom is 0.238 e. The Balaban J connectivity index is 1.80. The third-order valence-corrected chi connectivity index (χ3v) is 4.54. The summed E-state index contributed by atoms with van der Waals surface area (Å²) in [5.41, 5.74) is 0.870. The summed E-state index contributed by atoms with van der Waals surface area (Å²) < 4.78 is 29.2. The molecule has 1 aromatic rings. The molecule has 0 bridgehead atoms. The highest BCUT2D eigenvalue weighted by molar-refractivity contribution is 7.88. The van der Waals surface area contributed by atoms with Crippen molar-refractivity contribution in [3.8, 4) is 5.88 Å². The van der Waals surface area contributed by atoms with Gasteiger partial charge in [0.2, 0.25) is 21.8 Å². The number of carbonyl (C=O) groups is 1. The lowest BCUT2D eigenvalue weighted by Gasteiger charge is -2.39. The first-order chi connectivity index (χ1) is 9.75. The van der Waals surface area contributed by atoms with Crippen LogP contribution in [0.15, 0.2) is 18.2 Å². The van der Waals surface area contributed by atoms with Crippen LogP contribution in [0.25, 0.3) is 0 Å². The molecule has 0 N–H and O–H groups in total. The van der Waals surface area contributed by atoms with E-state index < -0.39 is 10.0 Å². The van der Waals surface area contributed by atoms with Crippen LogP contribution in [-0.4, -0.2) is 67.6 Å². The SMILES string of the molecule is Cc1cccc(OC2CN(C(=O)CN(C)S(C)(=O)=O)C2)n1. The lowest BCUT2D eigenvalue weighted by molar-refractivity contribution is -0.140. The van der Waals surface area contributed by atoms with Crippen LogP contribution < -0.4 is 4.74 Å². The van der Waals surface area contributed by atoms with Gasteiger partial charge in [0.1, 0.15) is 6.10 Å². The van der Waals surface area contributed by atoms with Crippen LogP contribution in [0, 0.1) is 6.92 Å². The Kier molecular flexibility index (Phi) is 4.48. The number of hydrogen-bond donors (Lipinski definition) is 0. The van der Waals surface area contributed by atoms with Crippen LogP contribution >= 0.6 is 0 Å². The predicted molar refractivity (Wildman–Crippen MR) is 77.4 cm³/mol. The fourth-order valence-corrected chi connectivity index (χ4v) is 2.22. The fourth-order valence-electron chi connectivity index (χ4n) is 1.88. The highest BCUT2D eigenvalue weighted by atomic mass is 32.2. The number of likely N-dealkylation sites (tertiary alicyclic amines) is 1. The number of hydrogen-bond acceptors (Lipinski definition) is 5. The van der Waals surface area contributed by atoms with E-state index in [1.165, 1.54) is 7.05 Å². The number of amides is 1. The number of likely N-dealkylation sites (N-methyl/N-ethyl adjacent to an activating group) is 1. The number of carbonyl (C=O) groups excluding carboxylic acids is 1. The molecule has 1 aromatic heterocycles. The van der Waals surface area contributed by atoms with Gasteiger partial charge in [-0.05, 0) is 13.0 Å². The van der Waals surface area contributed by atoms with Crippen LogP contribution in [0.1, 0.15) is 5.69 Å². The molecule has 0 aromatic carbocycles. The van der Waals surface area contributed by atoms with Gasteiger partial charge in [-0.15, -0.1) is 0 Å². The van der Waals surface area contributed by atoms with Gasteiger partial charge in [0, 0.05) is 18.8 Å². The number of aryl methyl sites for hydroxylation is 1. The van der Waals surface area contributed by atoms with Crippen molar-refractivity contribution < 1.29 is 17.9 Å². The highest BCUT2D eigenvalue weighted by Gasteiger charge is 2.33. The summed E-state index contributed by atoms with van der Waals surface area (Å²) in [6.45, 7) is 2.64. The monoisotopic (exact) mass is 313 g/mol. The zero-order valence-corrected chi connectivity index (χ0v) is 13.1. The van der Waals surface area contributed by atoms with Crippen LogP contribution in [-0.2, 0) is 14.8 Å². The molecule has 2 rings (SSSR count). The van der Waals surface area contributed by atoms with Gasteiger partial charge in [-0.2, -0.15) is 4.31 Å². The Labute approximate surface area is 124 Å². The Bertz CT molecular complexity index is 626. The standard InChI is InChI=1S/C13H19N3O4S/c1-10-5-4-6-12(14-10)20-11-7-16(8-11)13(17)9-15(2)21(3,18)19/h4-6,11H,7-9H2,1-3H3. The van der Waals surface area contributed by atoms with Crippen molar-refractivity contribution >= 4 is 15.9 Å². The van der Waals surface area contributed by atoms with Crippen molar-refractivity contribution in [2.45, 2.75) is 13.0 Å². The smallest absolute Gasteiger partial charge is 0.238 e. The zero-order valence-electron chi connectivity index (χ0n) is 12.3. The summed E-state index contributed by atoms with van der Waals surface area (Å²) >= 11 is 0. The molecular weight excluding hydrogens is 294 g/mol. The lowest BCUT2D eigenvalue weighted by atomic mass is 10.1. The highest BCUT2D eigenvalue weighted by Crippen LogP contribution is 2.16. The topological polar surface area (TPSA) is 79.8 Å². The van der Waals surface area contributed by atoms with E-state index in [2.05, 4.69) is 4.98 Å². The second-order valence-corrected chi connectivity index (χ2v) is 7.26. The number of pyridine rings is 1. The van der Waals surface area contributed by atoms with Crippen LogP contribution in [0.4, 0.5) is 0 Å². The van der Waals surface area contributed by atoms with Crippen LogP contribution in [0.2, 0.25) is 0 Å². The van der Waals surface area contributed by atoms with Crippen molar-refractivity contribution in [1.29, 1.82) is 0 Å². The van der Waals surface area contributed by atoms with E-state index in [4.69, 9.17) is 4.74 Å². The van der Waals surface area contributed by atoms with E-state index in [1.807, 2.05) is 19.1 Å². The van der Waals surface area contributed by atoms with Crippen molar-refractivity contribution in [1.82, 2.24) is 14.2 Å². The van der Waals surface area contributed by atoms with Crippen molar-refractivity contribution in [2.75, 3.05) is 32.9 Å². The van der Waals surface area contributed by atoms with Crippen molar-refractivity contribution in [3.05, 3.63) is 23.9 Å². The van der Waals surface area contributed by atoms with E-state index in [1.54, 1.807) is 11.0 Å². The molecule has 0 unspecified atom stereocenters. The summed E-state index contributed by atoms with van der Waals surface area (Å²) in [6.07, 6.45) is 0.984. The molecule has 8 heteroatoms. The molecule has 1 saturated heterocycles. The average molecular weight is 313 g/mol. The Morgan fingerprint density at radius 1 is 1.48 bits per heavy atom. The first-order valence-electron chi connectivity index (χ1n) is 6.55. The third-order valence-electron chi connectivity index (χ3n) is 3.28. The minimum absolute atomic E-state index is 0.0909. The molecule has 1 fully saturated rings. The van der Waals surface area contributed by atoms with Crippen molar-refractivity contribution in [3.63, 3.8) is 0 Å². The second kappa shape index (κ2) is 5.98. The van der Waals surface area contributed by atoms with Gasteiger partial charge in [-0.1, -0.05) is 6.07 Å². The number of ether oxygens (including phenoxy) is 1. The molecule has 7 nitrogen and oxygen atoms in total. The Hall–Kier alpha value is -1.67. The minimum Gasteiger partial charge on any atom is -0.471 e. The van der Waals surface area contributed by atoms with E-state index in [0.717, 1.165) is 16.3 Å². The summed E-state index contributed by atoms with van der Waals surface area (Å²) in [7, 11) is -1.95. The maximum absolute atomic E-state index is 11.9. The molecule has 1 amide bonds. The van der Waals surface area contributed by atoms with Gasteiger partial charge >= 0.3 is 0 Å². The summed E-state index contributed by atoms with van der Waals surface area (Å²) in [6, 6.07) is 5.51. The second-order valence-electron chi connectivity index (χ2n) is 5.17. The normalized spacial score (nSPS) is 15.9. The van der Waals surface area contributed by atoms with Gasteiger partial charge in [0.05, 0.1) is 25.9 Å². The Morgan fingerprint density at radius 3 is 2.71 bits per heavy atom. The van der Waals surface area contributed by atoms with Crippen LogP contribution in [0.3, 0.4) is 0 Å². The van der Waals surface area contributed by atoms with E-state index in [-0.39, 0.29) is 18.6 Å². The first-order valence-corrected chi connectivity index (χ1v) is 8.40. The van der Waals surface area contributed by atoms with Gasteiger partial charge in [-0.3, -0.25) is 4.79 Å². The third kappa shape index (κ3) is 4.15. The fraction of sp³-hybridized carbons (Fsp3) is 0.538. The molecule has 0 spiro atoms. The van der Waals surface area contributed by atoms with Crippen molar-refractivity contribution in [2.24, 2.45) is 0 Å². The molecule has 0 atom stereocenters. The van der Waals surface area contributed by atoms with Gasteiger partial charge in [0.15, 0.2) is 0 Å². The number of rotatable bonds is 5. The summed E-state index contributed by atoms with van der Waals surface area (Å²) in [5.74, 6) is 0.320. The lowest BCUT2D eigenvalue weighted by Crippen LogP contribution is -2.58. The largest absolute Gasteiger partial charge is 0.471 e. The van der Waals surface area contributed by atoms with E-state index in [9.17, 15) is 13.2 Å². The molecule has 116 valence electrons. The molecule has 1 aliphatic heterocycles. The quantitative estimate of drug-likeness (QED) is 0.756. The van der Waals surface area contributed by atoms with Gasteiger partial charge in [0.25, 0.3) is 0 Å². The average Bonchev–Trinajstić information content (AvgIpc) is 2.31. The molecule has 0 saturated carbocycles. The molecule has 0 radical (unpaired) electrons. The van der Waals surface area contributed by atoms with Gasteiger partial charge < -0.3 is 9.64 Å². The number of aromatic nitrogens is 1. The number of sulfonamides is 1. The summed E-state index contributed by atoms with van der Waals surface area (Å²) in [5, 5.41) is 0. The van der Waals surface area contributed by atoms with Gasteiger partial charge in [-0.25, -0.2) is 13.4 Å². The predicted octanol–water partition coefficient (Wildman–Crippen LogP) is -0.129. The number of nitrogens with zero attached hydrogens (tertiary/aromatic N) is 3. The molecule has 21 heavy (non-hydrogen) atoms. The molecule has 0 aliphatic carbocycles. The summed E-state index contributed by atoms with van der Waals surface area (Å²) in [4.78, 5) is 17.7. The molecular formula is C13H19N3O4S. The molecule has 1 aliphatic rings.